The van der Waals surface area contributed by atoms with Crippen molar-refractivity contribution in [2.45, 2.75) is 20.3 Å². The number of imide groups is 1. The zero-order valence-corrected chi connectivity index (χ0v) is 16.0. The molecule has 2 aromatic rings. The Morgan fingerprint density at radius 2 is 1.57 bits per heavy atom. The van der Waals surface area contributed by atoms with Gasteiger partial charge < -0.3 is 14.8 Å². The van der Waals surface area contributed by atoms with E-state index in [1.165, 1.54) is 4.90 Å². The molecule has 2 aliphatic heterocycles. The maximum Gasteiger partial charge on any atom is 0.265 e. The Morgan fingerprint density at radius 3 is 2.18 bits per heavy atom. The second-order valence-electron chi connectivity index (χ2n) is 6.57. The lowest BCUT2D eigenvalue weighted by Crippen LogP contribution is -2.29. The number of carbonyl (C=O) groups excluding carboxylic acids is 2. The van der Waals surface area contributed by atoms with Crippen molar-refractivity contribution in [3.05, 3.63) is 64.9 Å². The summed E-state index contributed by atoms with van der Waals surface area (Å²) >= 11 is 0. The lowest BCUT2D eigenvalue weighted by molar-refractivity contribution is 0.0721. The van der Waals surface area contributed by atoms with Gasteiger partial charge in [-0.3, -0.25) is 9.59 Å². The number of nitrogens with one attached hydrogen (secondary N) is 1. The molecule has 0 saturated heterocycles. The largest absolute Gasteiger partial charge is 0.490 e. The molecular formula is C22H22N2O4. The molecular weight excluding hydrogens is 356 g/mol. The molecule has 144 valence electrons. The van der Waals surface area contributed by atoms with Crippen molar-refractivity contribution in [2.75, 3.05) is 19.8 Å². The number of nitrogens with zero attached hydrogens (tertiary/aromatic N) is 1. The maximum absolute atomic E-state index is 12.7. The molecule has 2 aliphatic rings. The molecule has 0 unspecified atom stereocenters. The molecule has 2 aromatic carbocycles. The van der Waals surface area contributed by atoms with Crippen LogP contribution in [0, 0.1) is 0 Å². The van der Waals surface area contributed by atoms with E-state index in [1.807, 2.05) is 26.0 Å². The molecule has 4 rings (SSSR count). The van der Waals surface area contributed by atoms with Crippen molar-refractivity contribution in [1.82, 2.24) is 10.2 Å². The molecule has 0 saturated carbocycles. The molecule has 28 heavy (non-hydrogen) atoms. The summed E-state index contributed by atoms with van der Waals surface area (Å²) in [5.74, 6) is 0.751. The SMILES string of the molecule is CCOc1cc2c(cc1OCC)C(=CN1C(=O)c3ccccc3C1=O)NCC2. The quantitative estimate of drug-likeness (QED) is 0.809. The zero-order chi connectivity index (χ0) is 19.7. The molecule has 0 radical (unpaired) electrons. The van der Waals surface area contributed by atoms with E-state index in [0.717, 1.165) is 23.2 Å². The second kappa shape index (κ2) is 7.38. The Bertz CT molecular complexity index is 945. The van der Waals surface area contributed by atoms with Gasteiger partial charge in [0.15, 0.2) is 11.5 Å². The average molecular weight is 378 g/mol. The number of ether oxygens (including phenoxy) is 2. The second-order valence-corrected chi connectivity index (χ2v) is 6.57. The lowest BCUT2D eigenvalue weighted by Gasteiger charge is -2.24. The van der Waals surface area contributed by atoms with Gasteiger partial charge in [0.05, 0.1) is 30.0 Å². The number of rotatable bonds is 5. The summed E-state index contributed by atoms with van der Waals surface area (Å²) in [5.41, 5.74) is 3.59. The van der Waals surface area contributed by atoms with Crippen LogP contribution in [0.25, 0.3) is 5.70 Å². The summed E-state index contributed by atoms with van der Waals surface area (Å²) in [4.78, 5) is 26.6. The van der Waals surface area contributed by atoms with E-state index in [-0.39, 0.29) is 11.8 Å². The van der Waals surface area contributed by atoms with Gasteiger partial charge in [-0.05, 0) is 50.1 Å². The number of benzene rings is 2. The third-order valence-corrected chi connectivity index (χ3v) is 4.85. The average Bonchev–Trinajstić information content (AvgIpc) is 2.94. The molecule has 0 aliphatic carbocycles. The fraction of sp³-hybridized carbons (Fsp3) is 0.273. The van der Waals surface area contributed by atoms with Gasteiger partial charge in [-0.15, -0.1) is 0 Å². The van der Waals surface area contributed by atoms with Crippen LogP contribution >= 0.6 is 0 Å². The van der Waals surface area contributed by atoms with Gasteiger partial charge in [0.1, 0.15) is 0 Å². The zero-order valence-electron chi connectivity index (χ0n) is 16.0. The molecule has 0 aromatic heterocycles. The smallest absolute Gasteiger partial charge is 0.265 e. The highest BCUT2D eigenvalue weighted by Crippen LogP contribution is 2.36. The predicted octanol–water partition coefficient (Wildman–Crippen LogP) is 3.22. The van der Waals surface area contributed by atoms with Gasteiger partial charge in [-0.2, -0.15) is 0 Å². The van der Waals surface area contributed by atoms with Gasteiger partial charge in [-0.1, -0.05) is 12.1 Å². The van der Waals surface area contributed by atoms with Gasteiger partial charge in [0, 0.05) is 18.3 Å². The highest BCUT2D eigenvalue weighted by atomic mass is 16.5. The number of amides is 2. The number of hydrogen-bond donors (Lipinski definition) is 1. The standard InChI is InChI=1S/C22H22N2O4/c1-3-27-19-11-14-9-10-23-18(17(14)12-20(19)28-4-2)13-24-21(25)15-7-5-6-8-16(15)22(24)26/h5-8,11-13,23H,3-4,9-10H2,1-2H3. The number of fused-ring (bicyclic) bond motifs is 2. The van der Waals surface area contributed by atoms with E-state index in [4.69, 9.17) is 9.47 Å². The Labute approximate surface area is 163 Å². The minimum atomic E-state index is -0.307. The van der Waals surface area contributed by atoms with Crippen molar-refractivity contribution < 1.29 is 19.1 Å². The third kappa shape index (κ3) is 3.01. The molecule has 0 fully saturated rings. The van der Waals surface area contributed by atoms with E-state index < -0.39 is 0 Å². The van der Waals surface area contributed by atoms with Crippen molar-refractivity contribution >= 4 is 17.5 Å². The highest BCUT2D eigenvalue weighted by Gasteiger charge is 2.34. The van der Waals surface area contributed by atoms with Gasteiger partial charge in [0.2, 0.25) is 0 Å². The van der Waals surface area contributed by atoms with E-state index in [9.17, 15) is 9.59 Å². The summed E-state index contributed by atoms with van der Waals surface area (Å²) in [5, 5.41) is 3.31. The van der Waals surface area contributed by atoms with Gasteiger partial charge in [-0.25, -0.2) is 4.90 Å². The summed E-state index contributed by atoms with van der Waals surface area (Å²) < 4.78 is 11.5. The first-order chi connectivity index (χ1) is 13.6. The summed E-state index contributed by atoms with van der Waals surface area (Å²) in [6, 6.07) is 10.8. The first kappa shape index (κ1) is 18.1. The molecule has 0 spiro atoms. The van der Waals surface area contributed by atoms with Gasteiger partial charge >= 0.3 is 0 Å². The molecule has 0 bridgehead atoms. The van der Waals surface area contributed by atoms with Crippen molar-refractivity contribution in [3.8, 4) is 11.5 Å². The Morgan fingerprint density at radius 1 is 0.964 bits per heavy atom. The van der Waals surface area contributed by atoms with Crippen LogP contribution in [-0.2, 0) is 6.42 Å². The fourth-order valence-corrected chi connectivity index (χ4v) is 3.59. The van der Waals surface area contributed by atoms with Crippen LogP contribution in [0.2, 0.25) is 0 Å². The predicted molar refractivity (Wildman–Crippen MR) is 105 cm³/mol. The summed E-state index contributed by atoms with van der Waals surface area (Å²) in [7, 11) is 0. The monoisotopic (exact) mass is 378 g/mol. The molecule has 0 atom stereocenters. The van der Waals surface area contributed by atoms with Gasteiger partial charge in [0.25, 0.3) is 11.8 Å². The van der Waals surface area contributed by atoms with Crippen LogP contribution in [0.3, 0.4) is 0 Å². The first-order valence-electron chi connectivity index (χ1n) is 9.49. The third-order valence-electron chi connectivity index (χ3n) is 4.85. The normalized spacial score (nSPS) is 16.6. The van der Waals surface area contributed by atoms with Crippen molar-refractivity contribution in [3.63, 3.8) is 0 Å². The van der Waals surface area contributed by atoms with E-state index >= 15 is 0 Å². The molecule has 2 heterocycles. The van der Waals surface area contributed by atoms with E-state index in [0.29, 0.717) is 42.4 Å². The minimum Gasteiger partial charge on any atom is -0.490 e. The lowest BCUT2D eigenvalue weighted by atomic mass is 9.97. The number of hydrogen-bond acceptors (Lipinski definition) is 5. The molecule has 1 N–H and O–H groups in total. The van der Waals surface area contributed by atoms with Crippen molar-refractivity contribution in [2.24, 2.45) is 0 Å². The fourth-order valence-electron chi connectivity index (χ4n) is 3.59. The molecule has 2 amide bonds. The number of carbonyl (C=O) groups is 2. The summed E-state index contributed by atoms with van der Waals surface area (Å²) in [6.45, 7) is 5.63. The highest BCUT2D eigenvalue weighted by molar-refractivity contribution is 6.22. The topological polar surface area (TPSA) is 67.9 Å². The van der Waals surface area contributed by atoms with Crippen molar-refractivity contribution in [1.29, 1.82) is 0 Å². The van der Waals surface area contributed by atoms with Crippen LogP contribution in [0.5, 0.6) is 11.5 Å². The summed E-state index contributed by atoms with van der Waals surface area (Å²) in [6.07, 6.45) is 2.42. The van der Waals surface area contributed by atoms with Crippen LogP contribution in [-0.4, -0.2) is 36.5 Å². The first-order valence-corrected chi connectivity index (χ1v) is 9.49. The molecule has 6 nitrogen and oxygen atoms in total. The Hall–Kier alpha value is -3.28. The van der Waals surface area contributed by atoms with Crippen LogP contribution in [0.15, 0.2) is 42.6 Å². The maximum atomic E-state index is 12.7. The molecule has 6 heteroatoms. The Balaban J connectivity index is 1.75. The van der Waals surface area contributed by atoms with Crippen LogP contribution < -0.4 is 14.8 Å². The minimum absolute atomic E-state index is 0.307. The van der Waals surface area contributed by atoms with E-state index in [1.54, 1.807) is 30.5 Å². The van der Waals surface area contributed by atoms with Crippen LogP contribution in [0.1, 0.15) is 45.7 Å². The van der Waals surface area contributed by atoms with Crippen LogP contribution in [0.4, 0.5) is 0 Å². The Kier molecular flexibility index (Phi) is 4.77. The van der Waals surface area contributed by atoms with E-state index in [2.05, 4.69) is 5.32 Å².